The third-order valence-electron chi connectivity index (χ3n) is 3.60. The van der Waals surface area contributed by atoms with Gasteiger partial charge in [-0.05, 0) is 48.5 Å². The number of carbonyl (C=O) groups is 1. The standard InChI is InChI=1S/C20H10Cl4N2O2/c21-13-1-3-18(17(24)9-13)26-20(27)12(10-25)7-16-2-4-19(28-16)11-5-14(22)8-15(23)6-11/h1-9H,(H,26,27)/b12-7+. The van der Waals surface area contributed by atoms with Gasteiger partial charge in [-0.15, -0.1) is 0 Å². The minimum atomic E-state index is -0.629. The molecule has 0 bridgehead atoms. The summed E-state index contributed by atoms with van der Waals surface area (Å²) in [6, 6.07) is 14.8. The first-order valence-electron chi connectivity index (χ1n) is 7.80. The van der Waals surface area contributed by atoms with Crippen LogP contribution >= 0.6 is 46.4 Å². The van der Waals surface area contributed by atoms with Gasteiger partial charge in [0.25, 0.3) is 5.91 Å². The van der Waals surface area contributed by atoms with Crippen molar-refractivity contribution in [2.24, 2.45) is 0 Å². The van der Waals surface area contributed by atoms with Crippen LogP contribution in [0.4, 0.5) is 5.69 Å². The van der Waals surface area contributed by atoms with Crippen molar-refractivity contribution < 1.29 is 9.21 Å². The molecular formula is C20H10Cl4N2O2. The summed E-state index contributed by atoms with van der Waals surface area (Å²) in [7, 11) is 0. The quantitative estimate of drug-likeness (QED) is 0.339. The molecule has 1 N–H and O–H groups in total. The predicted molar refractivity (Wildman–Crippen MR) is 113 cm³/mol. The molecule has 1 aromatic heterocycles. The van der Waals surface area contributed by atoms with Gasteiger partial charge in [0.15, 0.2) is 0 Å². The van der Waals surface area contributed by atoms with E-state index >= 15 is 0 Å². The topological polar surface area (TPSA) is 66.0 Å². The first-order valence-corrected chi connectivity index (χ1v) is 9.31. The lowest BCUT2D eigenvalue weighted by molar-refractivity contribution is -0.112. The monoisotopic (exact) mass is 450 g/mol. The normalized spacial score (nSPS) is 11.2. The summed E-state index contributed by atoms with van der Waals surface area (Å²) < 4.78 is 5.68. The molecule has 0 atom stereocenters. The number of nitrogens with one attached hydrogen (secondary N) is 1. The number of benzene rings is 2. The van der Waals surface area contributed by atoms with Gasteiger partial charge in [0.2, 0.25) is 0 Å². The van der Waals surface area contributed by atoms with Crippen LogP contribution in [-0.4, -0.2) is 5.91 Å². The number of carbonyl (C=O) groups excluding carboxylic acids is 1. The molecule has 1 amide bonds. The van der Waals surface area contributed by atoms with Gasteiger partial charge < -0.3 is 9.73 Å². The molecule has 140 valence electrons. The van der Waals surface area contributed by atoms with Crippen molar-refractivity contribution >= 4 is 64.1 Å². The van der Waals surface area contributed by atoms with Gasteiger partial charge >= 0.3 is 0 Å². The fourth-order valence-corrected chi connectivity index (χ4v) is 3.33. The maximum absolute atomic E-state index is 12.4. The third-order valence-corrected chi connectivity index (χ3v) is 4.59. The fraction of sp³-hybridized carbons (Fsp3) is 0. The van der Waals surface area contributed by atoms with Crippen molar-refractivity contribution in [3.8, 4) is 17.4 Å². The first kappa shape index (κ1) is 20.3. The zero-order valence-corrected chi connectivity index (χ0v) is 17.0. The summed E-state index contributed by atoms with van der Waals surface area (Å²) >= 11 is 23.9. The molecule has 0 fully saturated rings. The number of amides is 1. The Balaban J connectivity index is 1.84. The Hall–Kier alpha value is -2.42. The van der Waals surface area contributed by atoms with E-state index in [1.165, 1.54) is 12.1 Å². The van der Waals surface area contributed by atoms with E-state index in [0.717, 1.165) is 0 Å². The lowest BCUT2D eigenvalue weighted by Crippen LogP contribution is -2.13. The maximum atomic E-state index is 12.4. The van der Waals surface area contributed by atoms with Crippen LogP contribution < -0.4 is 5.32 Å². The maximum Gasteiger partial charge on any atom is 0.266 e. The van der Waals surface area contributed by atoms with Crippen molar-refractivity contribution in [3.63, 3.8) is 0 Å². The SMILES string of the molecule is N#C/C(=C\c1ccc(-c2cc(Cl)cc(Cl)c2)o1)C(=O)Nc1ccc(Cl)cc1Cl. The highest BCUT2D eigenvalue weighted by Gasteiger charge is 2.13. The molecule has 3 aromatic rings. The van der Waals surface area contributed by atoms with E-state index in [-0.39, 0.29) is 10.6 Å². The molecule has 0 spiro atoms. The minimum Gasteiger partial charge on any atom is -0.457 e. The molecule has 0 saturated carbocycles. The van der Waals surface area contributed by atoms with Gasteiger partial charge in [0.05, 0.1) is 10.7 Å². The largest absolute Gasteiger partial charge is 0.457 e. The minimum absolute atomic E-state index is 0.156. The van der Waals surface area contributed by atoms with Crippen LogP contribution in [0.15, 0.2) is 58.5 Å². The van der Waals surface area contributed by atoms with Gasteiger partial charge in [-0.2, -0.15) is 5.26 Å². The highest BCUT2D eigenvalue weighted by Crippen LogP contribution is 2.29. The molecule has 0 aliphatic carbocycles. The average molecular weight is 452 g/mol. The number of rotatable bonds is 4. The van der Waals surface area contributed by atoms with E-state index in [0.29, 0.717) is 37.8 Å². The number of nitrogens with zero attached hydrogens (tertiary/aromatic N) is 1. The fourth-order valence-electron chi connectivity index (χ4n) is 2.35. The number of furan rings is 1. The van der Waals surface area contributed by atoms with E-state index in [1.807, 2.05) is 6.07 Å². The highest BCUT2D eigenvalue weighted by atomic mass is 35.5. The number of nitriles is 1. The summed E-state index contributed by atoms with van der Waals surface area (Å²) in [6.45, 7) is 0. The molecule has 0 radical (unpaired) electrons. The second-order valence-corrected chi connectivity index (χ2v) is 7.32. The predicted octanol–water partition coefficient (Wildman–Crippen LogP) is 7.11. The Morgan fingerprint density at radius 3 is 2.32 bits per heavy atom. The third kappa shape index (κ3) is 4.89. The smallest absolute Gasteiger partial charge is 0.266 e. The van der Waals surface area contributed by atoms with E-state index in [4.69, 9.17) is 50.8 Å². The molecule has 0 aliphatic rings. The second kappa shape index (κ2) is 8.72. The van der Waals surface area contributed by atoms with Crippen molar-refractivity contribution in [2.45, 2.75) is 0 Å². The van der Waals surface area contributed by atoms with Crippen molar-refractivity contribution in [2.75, 3.05) is 5.32 Å². The molecule has 8 heteroatoms. The van der Waals surface area contributed by atoms with Crippen LogP contribution in [0.25, 0.3) is 17.4 Å². The Kier molecular flexibility index (Phi) is 6.33. The summed E-state index contributed by atoms with van der Waals surface area (Å²) in [5.74, 6) is 0.185. The van der Waals surface area contributed by atoms with Crippen LogP contribution in [0.2, 0.25) is 20.1 Å². The van der Waals surface area contributed by atoms with Crippen LogP contribution in [0, 0.1) is 11.3 Å². The molecule has 0 unspecified atom stereocenters. The zero-order chi connectivity index (χ0) is 20.3. The molecular weight excluding hydrogens is 442 g/mol. The molecule has 28 heavy (non-hydrogen) atoms. The van der Waals surface area contributed by atoms with Gasteiger partial charge in [0, 0.05) is 26.7 Å². The Morgan fingerprint density at radius 2 is 1.68 bits per heavy atom. The molecule has 1 heterocycles. The van der Waals surface area contributed by atoms with Gasteiger partial charge in [-0.25, -0.2) is 0 Å². The number of anilines is 1. The second-order valence-electron chi connectivity index (χ2n) is 5.61. The lowest BCUT2D eigenvalue weighted by Gasteiger charge is -2.06. The Labute approximate surface area is 180 Å². The van der Waals surface area contributed by atoms with Crippen molar-refractivity contribution in [1.82, 2.24) is 0 Å². The number of hydrogen-bond donors (Lipinski definition) is 1. The van der Waals surface area contributed by atoms with E-state index in [9.17, 15) is 10.1 Å². The summed E-state index contributed by atoms with van der Waals surface area (Å²) in [5, 5.41) is 13.5. The highest BCUT2D eigenvalue weighted by molar-refractivity contribution is 6.37. The van der Waals surface area contributed by atoms with Crippen LogP contribution in [0.3, 0.4) is 0 Å². The number of hydrogen-bond acceptors (Lipinski definition) is 3. The summed E-state index contributed by atoms with van der Waals surface area (Å²) in [6.07, 6.45) is 1.33. The molecule has 3 rings (SSSR count). The van der Waals surface area contributed by atoms with Crippen molar-refractivity contribution in [1.29, 1.82) is 5.26 Å². The van der Waals surface area contributed by atoms with E-state index in [1.54, 1.807) is 42.5 Å². The molecule has 2 aromatic carbocycles. The molecule has 0 aliphatic heterocycles. The van der Waals surface area contributed by atoms with Gasteiger partial charge in [-0.1, -0.05) is 46.4 Å². The zero-order valence-electron chi connectivity index (χ0n) is 14.0. The van der Waals surface area contributed by atoms with Gasteiger partial charge in [-0.3, -0.25) is 4.79 Å². The Bertz CT molecular complexity index is 1110. The van der Waals surface area contributed by atoms with Crippen LogP contribution in [0.5, 0.6) is 0 Å². The van der Waals surface area contributed by atoms with Crippen LogP contribution in [0.1, 0.15) is 5.76 Å². The van der Waals surface area contributed by atoms with E-state index < -0.39 is 5.91 Å². The molecule has 0 saturated heterocycles. The summed E-state index contributed by atoms with van der Waals surface area (Å²) in [4.78, 5) is 12.4. The Morgan fingerprint density at radius 1 is 0.964 bits per heavy atom. The average Bonchev–Trinajstić information content (AvgIpc) is 3.10. The molecule has 4 nitrogen and oxygen atoms in total. The van der Waals surface area contributed by atoms with Gasteiger partial charge in [0.1, 0.15) is 23.2 Å². The van der Waals surface area contributed by atoms with Crippen LogP contribution in [-0.2, 0) is 4.79 Å². The summed E-state index contributed by atoms with van der Waals surface area (Å²) in [5.41, 5.74) is 0.856. The first-order chi connectivity index (χ1) is 13.4. The van der Waals surface area contributed by atoms with Crippen molar-refractivity contribution in [3.05, 3.63) is 80.0 Å². The number of halogens is 4. The lowest BCUT2D eigenvalue weighted by atomic mass is 10.2. The van der Waals surface area contributed by atoms with E-state index in [2.05, 4.69) is 5.32 Å².